The molecule has 1 atom stereocenters. The molecule has 1 fully saturated rings. The number of quaternary nitrogens is 1. The highest BCUT2D eigenvalue weighted by Gasteiger charge is 2.20. The van der Waals surface area contributed by atoms with Crippen molar-refractivity contribution >= 4 is 17.5 Å². The van der Waals surface area contributed by atoms with Crippen molar-refractivity contribution in [2.75, 3.05) is 38.5 Å². The van der Waals surface area contributed by atoms with Crippen LogP contribution in [0.4, 0.5) is 10.1 Å². The Morgan fingerprint density at radius 1 is 1.17 bits per heavy atom. The number of amides is 2. The molecule has 1 saturated heterocycles. The van der Waals surface area contributed by atoms with Gasteiger partial charge in [0.15, 0.2) is 13.1 Å². The summed E-state index contributed by atoms with van der Waals surface area (Å²) in [5.74, 6) is -0.514. The number of halogens is 1. The highest BCUT2D eigenvalue weighted by molar-refractivity contribution is 5.91. The fourth-order valence-corrected chi connectivity index (χ4v) is 2.80. The predicted molar refractivity (Wildman–Crippen MR) is 86.7 cm³/mol. The molecule has 1 aromatic rings. The van der Waals surface area contributed by atoms with Crippen molar-refractivity contribution in [1.82, 2.24) is 4.90 Å². The molecule has 0 bridgehead atoms. The van der Waals surface area contributed by atoms with Crippen LogP contribution in [-0.4, -0.2) is 49.9 Å². The molecular weight excluding hydrogens is 297 g/mol. The van der Waals surface area contributed by atoms with Crippen molar-refractivity contribution in [3.8, 4) is 0 Å². The molecule has 0 aromatic heterocycles. The average molecular weight is 322 g/mol. The Hall–Kier alpha value is -1.95. The first-order valence-corrected chi connectivity index (χ1v) is 8.19. The standard InChI is InChI=1S/C17H24FN3O2/c1-20(13-17(23)21-9-4-2-3-5-10-21)12-16(22)19-15-8-6-7-14(18)11-15/h6-8,11H,2-5,9-10,12-13H2,1H3,(H,19,22)/p+1. The summed E-state index contributed by atoms with van der Waals surface area (Å²) in [5, 5.41) is 2.65. The first kappa shape index (κ1) is 17.4. The van der Waals surface area contributed by atoms with Crippen molar-refractivity contribution in [2.24, 2.45) is 0 Å². The molecule has 0 aliphatic carbocycles. The van der Waals surface area contributed by atoms with E-state index in [-0.39, 0.29) is 24.2 Å². The molecule has 0 saturated carbocycles. The molecular formula is C17H25FN3O2+. The zero-order chi connectivity index (χ0) is 16.7. The number of nitrogens with one attached hydrogen (secondary N) is 2. The van der Waals surface area contributed by atoms with Gasteiger partial charge in [-0.25, -0.2) is 4.39 Å². The van der Waals surface area contributed by atoms with E-state index in [1.54, 1.807) is 12.1 Å². The van der Waals surface area contributed by atoms with Gasteiger partial charge in [-0.2, -0.15) is 0 Å². The minimum atomic E-state index is -0.389. The highest BCUT2D eigenvalue weighted by atomic mass is 19.1. The number of benzene rings is 1. The zero-order valence-corrected chi connectivity index (χ0v) is 13.6. The number of anilines is 1. The molecule has 2 rings (SSSR count). The third-order valence-electron chi connectivity index (χ3n) is 3.98. The van der Waals surface area contributed by atoms with Crippen molar-refractivity contribution in [2.45, 2.75) is 25.7 Å². The van der Waals surface area contributed by atoms with E-state index in [0.717, 1.165) is 30.8 Å². The summed E-state index contributed by atoms with van der Waals surface area (Å²) in [4.78, 5) is 27.0. The zero-order valence-electron chi connectivity index (χ0n) is 13.6. The summed E-state index contributed by atoms with van der Waals surface area (Å²) >= 11 is 0. The first-order chi connectivity index (χ1) is 11.0. The normalized spacial score (nSPS) is 16.5. The van der Waals surface area contributed by atoms with E-state index in [9.17, 15) is 14.0 Å². The Morgan fingerprint density at radius 3 is 2.52 bits per heavy atom. The van der Waals surface area contributed by atoms with E-state index in [2.05, 4.69) is 5.32 Å². The number of likely N-dealkylation sites (tertiary alicyclic amines) is 1. The summed E-state index contributed by atoms with van der Waals surface area (Å²) in [5.41, 5.74) is 0.432. The number of carbonyl (C=O) groups is 2. The number of likely N-dealkylation sites (N-methyl/N-ethyl adjacent to an activating group) is 1. The molecule has 1 unspecified atom stereocenters. The van der Waals surface area contributed by atoms with Crippen LogP contribution in [0.2, 0.25) is 0 Å². The minimum Gasteiger partial charge on any atom is -0.338 e. The molecule has 1 aliphatic rings. The second kappa shape index (κ2) is 8.62. The van der Waals surface area contributed by atoms with Crippen LogP contribution in [0.15, 0.2) is 24.3 Å². The lowest BCUT2D eigenvalue weighted by Gasteiger charge is -2.22. The number of rotatable bonds is 5. The van der Waals surface area contributed by atoms with Gasteiger partial charge in [0.25, 0.3) is 11.8 Å². The maximum Gasteiger partial charge on any atom is 0.279 e. The van der Waals surface area contributed by atoms with Gasteiger partial charge in [-0.05, 0) is 31.0 Å². The van der Waals surface area contributed by atoms with Crippen LogP contribution in [-0.2, 0) is 9.59 Å². The molecule has 1 aromatic carbocycles. The molecule has 1 aliphatic heterocycles. The molecule has 6 heteroatoms. The Balaban J connectivity index is 1.77. The largest absolute Gasteiger partial charge is 0.338 e. The van der Waals surface area contributed by atoms with Crippen molar-refractivity contribution in [3.63, 3.8) is 0 Å². The Labute approximate surface area is 136 Å². The minimum absolute atomic E-state index is 0.1000. The molecule has 1 heterocycles. The van der Waals surface area contributed by atoms with Crippen LogP contribution in [0, 0.1) is 5.82 Å². The second-order valence-electron chi connectivity index (χ2n) is 6.16. The lowest BCUT2D eigenvalue weighted by Crippen LogP contribution is -3.11. The summed E-state index contributed by atoms with van der Waals surface area (Å²) in [6.45, 7) is 2.12. The third-order valence-corrected chi connectivity index (χ3v) is 3.98. The Kier molecular flexibility index (Phi) is 6.52. The fraction of sp³-hybridized carbons (Fsp3) is 0.529. The van der Waals surface area contributed by atoms with E-state index in [1.165, 1.54) is 25.0 Å². The van der Waals surface area contributed by atoms with E-state index in [4.69, 9.17) is 0 Å². The summed E-state index contributed by atoms with van der Waals surface area (Å²) in [6.07, 6.45) is 4.49. The summed E-state index contributed by atoms with van der Waals surface area (Å²) in [7, 11) is 1.82. The first-order valence-electron chi connectivity index (χ1n) is 8.19. The SMILES string of the molecule is C[NH+](CC(=O)Nc1cccc(F)c1)CC(=O)N1CCCCCC1. The average Bonchev–Trinajstić information content (AvgIpc) is 2.75. The van der Waals surface area contributed by atoms with Crippen LogP contribution < -0.4 is 10.2 Å². The lowest BCUT2D eigenvalue weighted by atomic mass is 10.2. The molecule has 0 radical (unpaired) electrons. The third kappa shape index (κ3) is 5.98. The molecule has 2 amide bonds. The van der Waals surface area contributed by atoms with E-state index >= 15 is 0 Å². The summed E-state index contributed by atoms with van der Waals surface area (Å²) in [6, 6.07) is 5.78. The lowest BCUT2D eigenvalue weighted by molar-refractivity contribution is -0.862. The Morgan fingerprint density at radius 2 is 1.87 bits per heavy atom. The van der Waals surface area contributed by atoms with Gasteiger partial charge in [-0.3, -0.25) is 9.59 Å². The molecule has 126 valence electrons. The second-order valence-corrected chi connectivity index (χ2v) is 6.16. The van der Waals surface area contributed by atoms with E-state index in [0.29, 0.717) is 12.2 Å². The van der Waals surface area contributed by atoms with Crippen molar-refractivity contribution < 1.29 is 18.9 Å². The maximum atomic E-state index is 13.1. The smallest absolute Gasteiger partial charge is 0.279 e. The number of hydrogen-bond acceptors (Lipinski definition) is 2. The van der Waals surface area contributed by atoms with Crippen molar-refractivity contribution in [3.05, 3.63) is 30.1 Å². The quantitative estimate of drug-likeness (QED) is 0.838. The fourth-order valence-electron chi connectivity index (χ4n) is 2.80. The van der Waals surface area contributed by atoms with Gasteiger partial charge in [0.05, 0.1) is 7.05 Å². The number of hydrogen-bond donors (Lipinski definition) is 2. The summed E-state index contributed by atoms with van der Waals surface area (Å²) < 4.78 is 13.1. The van der Waals surface area contributed by atoms with Gasteiger partial charge >= 0.3 is 0 Å². The van der Waals surface area contributed by atoms with Gasteiger partial charge in [-0.1, -0.05) is 18.9 Å². The molecule has 5 nitrogen and oxygen atoms in total. The van der Waals surface area contributed by atoms with Gasteiger partial charge in [-0.15, -0.1) is 0 Å². The van der Waals surface area contributed by atoms with Gasteiger partial charge in [0, 0.05) is 18.8 Å². The number of nitrogens with zero attached hydrogens (tertiary/aromatic N) is 1. The van der Waals surface area contributed by atoms with Crippen LogP contribution in [0.3, 0.4) is 0 Å². The van der Waals surface area contributed by atoms with Crippen LogP contribution in [0.1, 0.15) is 25.7 Å². The maximum absolute atomic E-state index is 13.1. The highest BCUT2D eigenvalue weighted by Crippen LogP contribution is 2.09. The Bertz CT molecular complexity index is 542. The van der Waals surface area contributed by atoms with Crippen molar-refractivity contribution in [1.29, 1.82) is 0 Å². The van der Waals surface area contributed by atoms with Gasteiger partial charge in [0.2, 0.25) is 0 Å². The number of carbonyl (C=O) groups excluding carboxylic acids is 2. The van der Waals surface area contributed by atoms with E-state index in [1.807, 2.05) is 11.9 Å². The molecule has 2 N–H and O–H groups in total. The molecule has 23 heavy (non-hydrogen) atoms. The van der Waals surface area contributed by atoms with Crippen LogP contribution >= 0.6 is 0 Å². The van der Waals surface area contributed by atoms with Crippen LogP contribution in [0.5, 0.6) is 0 Å². The molecule has 0 spiro atoms. The van der Waals surface area contributed by atoms with Gasteiger partial charge < -0.3 is 15.1 Å². The van der Waals surface area contributed by atoms with Crippen LogP contribution in [0.25, 0.3) is 0 Å². The van der Waals surface area contributed by atoms with E-state index < -0.39 is 0 Å². The predicted octanol–water partition coefficient (Wildman–Crippen LogP) is 0.681. The van der Waals surface area contributed by atoms with Gasteiger partial charge in [0.1, 0.15) is 5.82 Å². The monoisotopic (exact) mass is 322 g/mol. The topological polar surface area (TPSA) is 53.9 Å².